The van der Waals surface area contributed by atoms with Gasteiger partial charge in [0.25, 0.3) is 5.91 Å². The number of benzene rings is 1. The van der Waals surface area contributed by atoms with Crippen LogP contribution in [0.1, 0.15) is 10.5 Å². The predicted octanol–water partition coefficient (Wildman–Crippen LogP) is 2.48. The molecule has 22 heavy (non-hydrogen) atoms. The number of nitrogens with zero attached hydrogens (tertiary/aromatic N) is 1. The summed E-state index contributed by atoms with van der Waals surface area (Å²) in [5, 5.41) is 5.41. The van der Waals surface area contributed by atoms with Crippen LogP contribution in [0.2, 0.25) is 0 Å². The first-order chi connectivity index (χ1) is 10.6. The number of nitrogens with one attached hydrogen (secondary N) is 2. The van der Waals surface area contributed by atoms with Gasteiger partial charge >= 0.3 is 0 Å². The first-order valence-corrected chi connectivity index (χ1v) is 6.55. The molecule has 2 aromatic rings. The second-order valence-corrected chi connectivity index (χ2v) is 4.43. The lowest BCUT2D eigenvalue weighted by Crippen LogP contribution is -2.27. The minimum atomic E-state index is -0.720. The maximum Gasteiger partial charge on any atom is 0.270 e. The highest BCUT2D eigenvalue weighted by molar-refractivity contribution is 5.93. The van der Waals surface area contributed by atoms with Crippen LogP contribution in [0.25, 0.3) is 0 Å². The Morgan fingerprint density at radius 2 is 2.09 bits per heavy atom. The van der Waals surface area contributed by atoms with Crippen LogP contribution in [0.5, 0.6) is 0 Å². The van der Waals surface area contributed by atoms with Crippen LogP contribution in [0.15, 0.2) is 36.5 Å². The number of rotatable bonds is 6. The lowest BCUT2D eigenvalue weighted by molar-refractivity contribution is 0.0932. The highest BCUT2D eigenvalue weighted by atomic mass is 19.1. The Labute approximate surface area is 126 Å². The number of ether oxygens (including phenoxy) is 1. The van der Waals surface area contributed by atoms with Crippen molar-refractivity contribution in [2.24, 2.45) is 0 Å². The van der Waals surface area contributed by atoms with Crippen molar-refractivity contribution in [1.82, 2.24) is 10.3 Å². The fourth-order valence-corrected chi connectivity index (χ4v) is 1.74. The molecular weight excluding hydrogens is 292 g/mol. The second-order valence-electron chi connectivity index (χ2n) is 4.43. The monoisotopic (exact) mass is 307 g/mol. The molecule has 7 heteroatoms. The number of hydrogen-bond donors (Lipinski definition) is 2. The largest absolute Gasteiger partial charge is 0.383 e. The van der Waals surface area contributed by atoms with E-state index in [1.807, 2.05) is 0 Å². The third-order valence-electron chi connectivity index (χ3n) is 2.79. The van der Waals surface area contributed by atoms with E-state index >= 15 is 0 Å². The quantitative estimate of drug-likeness (QED) is 0.805. The lowest BCUT2D eigenvalue weighted by Gasteiger charge is -2.09. The summed E-state index contributed by atoms with van der Waals surface area (Å²) in [5.41, 5.74) is 0.763. The van der Waals surface area contributed by atoms with E-state index in [4.69, 9.17) is 4.74 Å². The van der Waals surface area contributed by atoms with Gasteiger partial charge in [-0.1, -0.05) is 0 Å². The highest BCUT2D eigenvalue weighted by Crippen LogP contribution is 2.20. The number of pyridine rings is 1. The van der Waals surface area contributed by atoms with Crippen LogP contribution in [0, 0.1) is 11.6 Å². The smallest absolute Gasteiger partial charge is 0.270 e. The van der Waals surface area contributed by atoms with Crippen molar-refractivity contribution >= 4 is 17.3 Å². The van der Waals surface area contributed by atoms with Crippen molar-refractivity contribution in [1.29, 1.82) is 0 Å². The number of aromatic nitrogens is 1. The van der Waals surface area contributed by atoms with E-state index < -0.39 is 11.6 Å². The van der Waals surface area contributed by atoms with Gasteiger partial charge in [0.2, 0.25) is 0 Å². The molecule has 0 aliphatic rings. The summed E-state index contributed by atoms with van der Waals surface area (Å²) >= 11 is 0. The van der Waals surface area contributed by atoms with E-state index in [-0.39, 0.29) is 17.3 Å². The summed E-state index contributed by atoms with van der Waals surface area (Å²) in [6.07, 6.45) is 1.43. The normalized spacial score (nSPS) is 10.3. The first-order valence-electron chi connectivity index (χ1n) is 6.55. The maximum atomic E-state index is 13.6. The Bertz CT molecular complexity index is 665. The number of anilines is 2. The molecule has 2 rings (SSSR count). The molecule has 0 aliphatic carbocycles. The van der Waals surface area contributed by atoms with Crippen molar-refractivity contribution in [3.63, 3.8) is 0 Å². The molecule has 0 atom stereocenters. The van der Waals surface area contributed by atoms with Gasteiger partial charge in [-0.15, -0.1) is 0 Å². The summed E-state index contributed by atoms with van der Waals surface area (Å²) in [7, 11) is 1.53. The highest BCUT2D eigenvalue weighted by Gasteiger charge is 2.09. The average Bonchev–Trinajstić information content (AvgIpc) is 2.50. The fraction of sp³-hybridized carbons (Fsp3) is 0.200. The molecular formula is C15H15F2N3O2. The molecule has 2 N–H and O–H groups in total. The van der Waals surface area contributed by atoms with E-state index in [0.29, 0.717) is 18.8 Å². The Morgan fingerprint density at radius 3 is 2.82 bits per heavy atom. The van der Waals surface area contributed by atoms with Crippen molar-refractivity contribution in [3.05, 3.63) is 53.9 Å². The standard InChI is InChI=1S/C15H15F2N3O2/c1-22-7-6-19-15(21)14-9-11(4-5-18-14)20-13-3-2-10(16)8-12(13)17/h2-5,8-9H,6-7H2,1H3,(H,18,20)(H,19,21). The minimum Gasteiger partial charge on any atom is -0.383 e. The zero-order valence-corrected chi connectivity index (χ0v) is 11.9. The third kappa shape index (κ3) is 4.23. The second kappa shape index (κ2) is 7.46. The van der Waals surface area contributed by atoms with Crippen LogP contribution in [-0.2, 0) is 4.74 Å². The molecule has 5 nitrogen and oxygen atoms in total. The van der Waals surface area contributed by atoms with Gasteiger partial charge in [-0.3, -0.25) is 9.78 Å². The molecule has 0 fully saturated rings. The van der Waals surface area contributed by atoms with Gasteiger partial charge < -0.3 is 15.4 Å². The van der Waals surface area contributed by atoms with Crippen molar-refractivity contribution < 1.29 is 18.3 Å². The molecule has 0 bridgehead atoms. The zero-order chi connectivity index (χ0) is 15.9. The van der Waals surface area contributed by atoms with Crippen LogP contribution in [0.3, 0.4) is 0 Å². The van der Waals surface area contributed by atoms with Crippen molar-refractivity contribution in [2.45, 2.75) is 0 Å². The fourth-order valence-electron chi connectivity index (χ4n) is 1.74. The molecule has 1 aromatic carbocycles. The molecule has 116 valence electrons. The molecule has 0 saturated carbocycles. The summed E-state index contributed by atoms with van der Waals surface area (Å²) in [4.78, 5) is 15.8. The summed E-state index contributed by atoms with van der Waals surface area (Å²) in [5.74, 6) is -1.74. The Kier molecular flexibility index (Phi) is 5.37. The first kappa shape index (κ1) is 15.8. The zero-order valence-electron chi connectivity index (χ0n) is 11.9. The van der Waals surface area contributed by atoms with Gasteiger partial charge in [-0.25, -0.2) is 8.78 Å². The Morgan fingerprint density at radius 1 is 1.27 bits per heavy atom. The Hall–Kier alpha value is -2.54. The van der Waals surface area contributed by atoms with Crippen LogP contribution in [0.4, 0.5) is 20.2 Å². The van der Waals surface area contributed by atoms with Gasteiger partial charge in [0.15, 0.2) is 0 Å². The number of halogens is 2. The maximum absolute atomic E-state index is 13.6. The van der Waals surface area contributed by atoms with E-state index in [0.717, 1.165) is 12.1 Å². The van der Waals surface area contributed by atoms with Gasteiger partial charge in [-0.2, -0.15) is 0 Å². The topological polar surface area (TPSA) is 63.2 Å². The van der Waals surface area contributed by atoms with Gasteiger partial charge in [0.05, 0.1) is 12.3 Å². The average molecular weight is 307 g/mol. The molecule has 0 spiro atoms. The van der Waals surface area contributed by atoms with Gasteiger partial charge in [0, 0.05) is 31.6 Å². The lowest BCUT2D eigenvalue weighted by atomic mass is 10.2. The van der Waals surface area contributed by atoms with Crippen LogP contribution < -0.4 is 10.6 Å². The van der Waals surface area contributed by atoms with Crippen LogP contribution in [-0.4, -0.2) is 31.2 Å². The van der Waals surface area contributed by atoms with E-state index in [2.05, 4.69) is 15.6 Å². The number of hydrogen-bond acceptors (Lipinski definition) is 4. The van der Waals surface area contributed by atoms with E-state index in [1.165, 1.54) is 25.4 Å². The molecule has 0 aliphatic heterocycles. The SMILES string of the molecule is COCCNC(=O)c1cc(Nc2ccc(F)cc2F)ccn1. The number of methoxy groups -OCH3 is 1. The molecule has 1 aromatic heterocycles. The van der Waals surface area contributed by atoms with Crippen molar-refractivity contribution in [3.8, 4) is 0 Å². The Balaban J connectivity index is 2.09. The molecule has 0 saturated heterocycles. The number of carbonyl (C=O) groups excluding carboxylic acids is 1. The van der Waals surface area contributed by atoms with Gasteiger partial charge in [0.1, 0.15) is 17.3 Å². The van der Waals surface area contributed by atoms with Crippen molar-refractivity contribution in [2.75, 3.05) is 25.6 Å². The molecule has 1 heterocycles. The summed E-state index contributed by atoms with van der Waals surface area (Å²) < 4.78 is 31.3. The van der Waals surface area contributed by atoms with Gasteiger partial charge in [-0.05, 0) is 24.3 Å². The number of carbonyl (C=O) groups is 1. The van der Waals surface area contributed by atoms with E-state index in [9.17, 15) is 13.6 Å². The molecule has 0 radical (unpaired) electrons. The number of amides is 1. The van der Waals surface area contributed by atoms with E-state index in [1.54, 1.807) is 6.07 Å². The summed E-state index contributed by atoms with van der Waals surface area (Å²) in [6, 6.07) is 6.26. The minimum absolute atomic E-state index is 0.110. The summed E-state index contributed by atoms with van der Waals surface area (Å²) in [6.45, 7) is 0.756. The third-order valence-corrected chi connectivity index (χ3v) is 2.79. The molecule has 0 unspecified atom stereocenters. The van der Waals surface area contributed by atoms with Crippen LogP contribution >= 0.6 is 0 Å². The predicted molar refractivity (Wildman–Crippen MR) is 78.1 cm³/mol. The molecule has 1 amide bonds.